The van der Waals surface area contributed by atoms with E-state index in [9.17, 15) is 0 Å². The first-order valence-corrected chi connectivity index (χ1v) is 8.69. The number of aryl methyl sites for hydroxylation is 1. The second-order valence-electron chi connectivity index (χ2n) is 6.46. The molecule has 114 valence electrons. The molecule has 0 heterocycles. The average Bonchev–Trinajstić information content (AvgIpc) is 2.53. The molecule has 0 saturated heterocycles. The summed E-state index contributed by atoms with van der Waals surface area (Å²) in [4.78, 5) is 0. The molecule has 0 spiro atoms. The van der Waals surface area contributed by atoms with Gasteiger partial charge in [-0.3, -0.25) is 0 Å². The maximum atomic E-state index is 2.49. The van der Waals surface area contributed by atoms with Crippen LogP contribution in [0.5, 0.6) is 0 Å². The predicted molar refractivity (Wildman–Crippen MR) is 91.4 cm³/mol. The Morgan fingerprint density at radius 3 is 1.50 bits per heavy atom. The fourth-order valence-electron chi connectivity index (χ4n) is 3.71. The van der Waals surface area contributed by atoms with Gasteiger partial charge in [0.15, 0.2) is 0 Å². The van der Waals surface area contributed by atoms with Gasteiger partial charge in [-0.25, -0.2) is 0 Å². The summed E-state index contributed by atoms with van der Waals surface area (Å²) in [6.45, 7) is 12.7. The van der Waals surface area contributed by atoms with Crippen LogP contribution in [0.25, 0.3) is 0 Å². The van der Waals surface area contributed by atoms with E-state index in [0.29, 0.717) is 10.8 Å². The summed E-state index contributed by atoms with van der Waals surface area (Å²) in [5.41, 5.74) is 4.23. The molecule has 2 bridgehead atoms. The van der Waals surface area contributed by atoms with E-state index < -0.39 is 0 Å². The highest BCUT2D eigenvalue weighted by molar-refractivity contribution is 5.30. The van der Waals surface area contributed by atoms with Crippen LogP contribution in [0.15, 0.2) is 24.3 Å². The van der Waals surface area contributed by atoms with E-state index in [2.05, 4.69) is 38.1 Å². The van der Waals surface area contributed by atoms with Gasteiger partial charge in [-0.2, -0.15) is 0 Å². The summed E-state index contributed by atoms with van der Waals surface area (Å²) in [5, 5.41) is 0. The lowest BCUT2D eigenvalue weighted by Crippen LogP contribution is -2.42. The Balaban J connectivity index is 0.000000461. The van der Waals surface area contributed by atoms with Crippen molar-refractivity contribution in [2.24, 2.45) is 5.41 Å². The summed E-state index contributed by atoms with van der Waals surface area (Å²) in [7, 11) is 0. The zero-order valence-electron chi connectivity index (χ0n) is 14.6. The van der Waals surface area contributed by atoms with Crippen LogP contribution in [-0.2, 0) is 5.41 Å². The van der Waals surface area contributed by atoms with Gasteiger partial charge in [-0.05, 0) is 61.8 Å². The van der Waals surface area contributed by atoms with Crippen LogP contribution in [0, 0.1) is 12.3 Å². The van der Waals surface area contributed by atoms with E-state index in [1.807, 2.05) is 27.7 Å². The lowest BCUT2D eigenvalue weighted by atomic mass is 9.52. The van der Waals surface area contributed by atoms with Gasteiger partial charge in [0, 0.05) is 0 Å². The maximum absolute atomic E-state index is 2.49. The molecule has 0 unspecified atom stereocenters. The zero-order chi connectivity index (χ0) is 15.2. The molecule has 0 heteroatoms. The molecule has 0 amide bonds. The highest BCUT2D eigenvalue weighted by Gasteiger charge is 2.46. The van der Waals surface area contributed by atoms with Crippen LogP contribution in [0.3, 0.4) is 0 Å². The highest BCUT2D eigenvalue weighted by atomic mass is 14.5. The molecule has 0 aliphatic heterocycles. The molecule has 3 aliphatic rings. The van der Waals surface area contributed by atoms with Crippen molar-refractivity contribution in [1.82, 2.24) is 0 Å². The fourth-order valence-corrected chi connectivity index (χ4v) is 3.71. The number of rotatable bonds is 1. The molecule has 4 rings (SSSR count). The Morgan fingerprint density at radius 1 is 0.700 bits per heavy atom. The van der Waals surface area contributed by atoms with Gasteiger partial charge >= 0.3 is 0 Å². The second kappa shape index (κ2) is 7.29. The van der Waals surface area contributed by atoms with Crippen molar-refractivity contribution in [3.63, 3.8) is 0 Å². The number of hydrogen-bond donors (Lipinski definition) is 0. The highest BCUT2D eigenvalue weighted by Crippen LogP contribution is 2.57. The van der Waals surface area contributed by atoms with Crippen LogP contribution in [0.2, 0.25) is 0 Å². The van der Waals surface area contributed by atoms with Crippen molar-refractivity contribution >= 4 is 0 Å². The van der Waals surface area contributed by atoms with Gasteiger partial charge in [-0.1, -0.05) is 64.4 Å². The van der Waals surface area contributed by atoms with E-state index in [1.165, 1.54) is 44.1 Å². The minimum absolute atomic E-state index is 0.547. The SMILES string of the molecule is CC.CC.Cc1ccc(C23CCC(C)(CC2)CC3)cc1. The monoisotopic (exact) mass is 274 g/mol. The Labute approximate surface area is 127 Å². The molecule has 3 fully saturated rings. The number of fused-ring (bicyclic) bond motifs is 3. The van der Waals surface area contributed by atoms with Gasteiger partial charge < -0.3 is 0 Å². The van der Waals surface area contributed by atoms with Crippen LogP contribution >= 0.6 is 0 Å². The summed E-state index contributed by atoms with van der Waals surface area (Å²) in [5.74, 6) is 0. The third kappa shape index (κ3) is 3.45. The standard InChI is InChI=1S/C16H22.2C2H6/c1-13-3-5-14(6-4-13)16-10-7-15(2,8-11-16)9-12-16;2*1-2/h3-6H,7-12H2,1-2H3;2*1-2H3. The topological polar surface area (TPSA) is 0 Å². The van der Waals surface area contributed by atoms with Crippen molar-refractivity contribution in [3.05, 3.63) is 35.4 Å². The first-order valence-electron chi connectivity index (χ1n) is 8.69. The van der Waals surface area contributed by atoms with E-state index >= 15 is 0 Å². The van der Waals surface area contributed by atoms with Crippen LogP contribution in [-0.4, -0.2) is 0 Å². The van der Waals surface area contributed by atoms with E-state index in [1.54, 1.807) is 5.56 Å². The van der Waals surface area contributed by atoms with Gasteiger partial charge in [0.2, 0.25) is 0 Å². The summed E-state index contributed by atoms with van der Waals surface area (Å²) < 4.78 is 0. The molecule has 1 aromatic rings. The van der Waals surface area contributed by atoms with Crippen molar-refractivity contribution in [2.75, 3.05) is 0 Å². The number of benzene rings is 1. The molecule has 0 atom stereocenters. The van der Waals surface area contributed by atoms with E-state index in [-0.39, 0.29) is 0 Å². The third-order valence-electron chi connectivity index (χ3n) is 5.29. The van der Waals surface area contributed by atoms with Crippen molar-refractivity contribution < 1.29 is 0 Å². The second-order valence-corrected chi connectivity index (χ2v) is 6.46. The van der Waals surface area contributed by atoms with E-state index in [0.717, 1.165) is 0 Å². The first kappa shape index (κ1) is 17.3. The molecule has 0 nitrogen and oxygen atoms in total. The van der Waals surface area contributed by atoms with Crippen molar-refractivity contribution in [1.29, 1.82) is 0 Å². The molecule has 0 aromatic heterocycles. The van der Waals surface area contributed by atoms with E-state index in [4.69, 9.17) is 0 Å². The third-order valence-corrected chi connectivity index (χ3v) is 5.29. The van der Waals surface area contributed by atoms with Gasteiger partial charge in [0.05, 0.1) is 0 Å². The largest absolute Gasteiger partial charge is 0.0683 e. The Bertz CT molecular complexity index is 360. The molecule has 3 aliphatic carbocycles. The normalized spacial score (nSPS) is 30.7. The first-order chi connectivity index (χ1) is 9.62. The summed E-state index contributed by atoms with van der Waals surface area (Å²) in [6.07, 6.45) is 8.61. The molecular formula is C20H34. The average molecular weight is 274 g/mol. The van der Waals surface area contributed by atoms with Crippen LogP contribution in [0.4, 0.5) is 0 Å². The molecule has 0 N–H and O–H groups in total. The molecule has 1 aromatic carbocycles. The smallest absolute Gasteiger partial charge is 0.00464 e. The Morgan fingerprint density at radius 2 is 1.10 bits per heavy atom. The molecular weight excluding hydrogens is 240 g/mol. The van der Waals surface area contributed by atoms with Crippen molar-refractivity contribution in [3.8, 4) is 0 Å². The van der Waals surface area contributed by atoms with Crippen molar-refractivity contribution in [2.45, 2.75) is 85.5 Å². The lowest BCUT2D eigenvalue weighted by Gasteiger charge is -2.52. The lowest BCUT2D eigenvalue weighted by molar-refractivity contribution is 0.0556. The van der Waals surface area contributed by atoms with Gasteiger partial charge in [0.1, 0.15) is 0 Å². The summed E-state index contributed by atoms with van der Waals surface area (Å²) >= 11 is 0. The quantitative estimate of drug-likeness (QED) is 0.537. The fraction of sp³-hybridized carbons (Fsp3) is 0.700. The number of hydrogen-bond acceptors (Lipinski definition) is 0. The zero-order valence-corrected chi connectivity index (χ0v) is 14.6. The summed E-state index contributed by atoms with van der Waals surface area (Å²) in [6, 6.07) is 9.33. The minimum Gasteiger partial charge on any atom is -0.0683 e. The Kier molecular flexibility index (Phi) is 6.30. The Hall–Kier alpha value is -0.780. The molecule has 3 saturated carbocycles. The van der Waals surface area contributed by atoms with Gasteiger partial charge in [0.25, 0.3) is 0 Å². The van der Waals surface area contributed by atoms with Crippen LogP contribution < -0.4 is 0 Å². The maximum Gasteiger partial charge on any atom is -0.00464 e. The van der Waals surface area contributed by atoms with Crippen LogP contribution in [0.1, 0.15) is 84.3 Å². The predicted octanol–water partition coefficient (Wildman–Crippen LogP) is 6.66. The minimum atomic E-state index is 0.547. The molecule has 0 radical (unpaired) electrons. The van der Waals surface area contributed by atoms with Gasteiger partial charge in [-0.15, -0.1) is 0 Å². The molecule has 20 heavy (non-hydrogen) atoms.